The first kappa shape index (κ1) is 17.6. The van der Waals surface area contributed by atoms with Crippen LogP contribution in [0.2, 0.25) is 0 Å². The van der Waals surface area contributed by atoms with Gasteiger partial charge in [0, 0.05) is 13.7 Å². The highest BCUT2D eigenvalue weighted by atomic mass is 16.5. The highest BCUT2D eigenvalue weighted by molar-refractivity contribution is 5.97. The van der Waals surface area contributed by atoms with Crippen LogP contribution < -0.4 is 15.5 Å². The molecule has 0 spiro atoms. The van der Waals surface area contributed by atoms with Crippen molar-refractivity contribution in [1.82, 2.24) is 10.7 Å². The Bertz CT molecular complexity index is 500. The minimum absolute atomic E-state index is 0.273. The topological polar surface area (TPSA) is 89.0 Å². The summed E-state index contributed by atoms with van der Waals surface area (Å²) < 4.78 is 10.1. The van der Waals surface area contributed by atoms with E-state index >= 15 is 0 Å². The van der Waals surface area contributed by atoms with Gasteiger partial charge in [-0.3, -0.25) is 9.59 Å². The highest BCUT2D eigenvalue weighted by Crippen LogP contribution is 2.10. The first-order chi connectivity index (χ1) is 10.7. The van der Waals surface area contributed by atoms with Gasteiger partial charge in [-0.15, -0.1) is 0 Å². The van der Waals surface area contributed by atoms with Crippen LogP contribution in [0, 0.1) is 0 Å². The van der Waals surface area contributed by atoms with E-state index in [0.717, 1.165) is 11.3 Å². The molecule has 2 amide bonds. The van der Waals surface area contributed by atoms with Crippen LogP contribution in [-0.4, -0.2) is 44.9 Å². The SMILES string of the molecule is CCOc1ccc(/C=N\NC(=O)CC(=O)NCCOC)cc1. The zero-order valence-electron chi connectivity index (χ0n) is 12.8. The van der Waals surface area contributed by atoms with Crippen molar-refractivity contribution in [2.45, 2.75) is 13.3 Å². The number of methoxy groups -OCH3 is 1. The largest absolute Gasteiger partial charge is 0.494 e. The Hall–Kier alpha value is -2.41. The Morgan fingerprint density at radius 3 is 2.59 bits per heavy atom. The molecular formula is C15H21N3O4. The molecule has 0 saturated carbocycles. The van der Waals surface area contributed by atoms with E-state index in [0.29, 0.717) is 19.8 Å². The molecular weight excluding hydrogens is 286 g/mol. The van der Waals surface area contributed by atoms with E-state index in [1.807, 2.05) is 31.2 Å². The molecule has 1 aromatic rings. The average molecular weight is 307 g/mol. The second-order valence-corrected chi connectivity index (χ2v) is 4.31. The normalized spacial score (nSPS) is 10.5. The first-order valence-corrected chi connectivity index (χ1v) is 6.96. The number of carbonyl (C=O) groups excluding carboxylic acids is 2. The Balaban J connectivity index is 2.32. The molecule has 7 heteroatoms. The van der Waals surface area contributed by atoms with E-state index in [9.17, 15) is 9.59 Å². The molecule has 1 aromatic carbocycles. The van der Waals surface area contributed by atoms with E-state index in [1.54, 1.807) is 0 Å². The Kier molecular flexibility index (Phi) is 8.29. The van der Waals surface area contributed by atoms with Crippen LogP contribution in [0.15, 0.2) is 29.4 Å². The lowest BCUT2D eigenvalue weighted by atomic mass is 10.2. The van der Waals surface area contributed by atoms with E-state index < -0.39 is 5.91 Å². The molecule has 0 aliphatic rings. The smallest absolute Gasteiger partial charge is 0.249 e. The third-order valence-corrected chi connectivity index (χ3v) is 2.54. The predicted molar refractivity (Wildman–Crippen MR) is 82.9 cm³/mol. The minimum Gasteiger partial charge on any atom is -0.494 e. The standard InChI is InChI=1S/C15H21N3O4/c1-3-22-13-6-4-12(5-7-13)11-17-18-15(20)10-14(19)16-8-9-21-2/h4-7,11H,3,8-10H2,1-2H3,(H,16,19)(H,18,20)/b17-11-. The Morgan fingerprint density at radius 2 is 1.95 bits per heavy atom. The van der Waals surface area contributed by atoms with Gasteiger partial charge in [-0.05, 0) is 36.8 Å². The molecule has 0 unspecified atom stereocenters. The van der Waals surface area contributed by atoms with Crippen LogP contribution in [0.3, 0.4) is 0 Å². The van der Waals surface area contributed by atoms with Crippen LogP contribution in [-0.2, 0) is 14.3 Å². The number of nitrogens with one attached hydrogen (secondary N) is 2. The fraction of sp³-hybridized carbons (Fsp3) is 0.400. The van der Waals surface area contributed by atoms with Gasteiger partial charge < -0.3 is 14.8 Å². The summed E-state index contributed by atoms with van der Waals surface area (Å²) >= 11 is 0. The molecule has 0 saturated heterocycles. The predicted octanol–water partition coefficient (Wildman–Crippen LogP) is 0.688. The third-order valence-electron chi connectivity index (χ3n) is 2.54. The molecule has 120 valence electrons. The Labute approximate surface area is 129 Å². The van der Waals surface area contributed by atoms with Gasteiger partial charge in [0.1, 0.15) is 12.2 Å². The average Bonchev–Trinajstić information content (AvgIpc) is 2.49. The van der Waals surface area contributed by atoms with Crippen molar-refractivity contribution in [1.29, 1.82) is 0 Å². The maximum atomic E-state index is 11.5. The molecule has 1 rings (SSSR count). The molecule has 0 fully saturated rings. The molecule has 0 aromatic heterocycles. The van der Waals surface area contributed by atoms with Gasteiger partial charge in [0.05, 0.1) is 19.4 Å². The summed E-state index contributed by atoms with van der Waals surface area (Å²) in [5.74, 6) is -0.0701. The summed E-state index contributed by atoms with van der Waals surface area (Å²) in [7, 11) is 1.54. The second kappa shape index (κ2) is 10.3. The summed E-state index contributed by atoms with van der Waals surface area (Å²) in [4.78, 5) is 22.8. The quantitative estimate of drug-likeness (QED) is 0.304. The van der Waals surface area contributed by atoms with Gasteiger partial charge in [-0.2, -0.15) is 5.10 Å². The van der Waals surface area contributed by atoms with Crippen molar-refractivity contribution < 1.29 is 19.1 Å². The van der Waals surface area contributed by atoms with Gasteiger partial charge in [-0.25, -0.2) is 5.43 Å². The number of amides is 2. The molecule has 0 heterocycles. The van der Waals surface area contributed by atoms with Crippen LogP contribution in [0.5, 0.6) is 5.75 Å². The number of rotatable bonds is 9. The summed E-state index contributed by atoms with van der Waals surface area (Å²) in [6.07, 6.45) is 1.22. The molecule has 0 bridgehead atoms. The molecule has 0 aliphatic heterocycles. The summed E-state index contributed by atoms with van der Waals surface area (Å²) in [6, 6.07) is 7.27. The number of nitrogens with zero attached hydrogens (tertiary/aromatic N) is 1. The summed E-state index contributed by atoms with van der Waals surface area (Å²) in [5, 5.41) is 6.35. The van der Waals surface area contributed by atoms with Gasteiger partial charge in [0.25, 0.3) is 0 Å². The fourth-order valence-corrected chi connectivity index (χ4v) is 1.54. The van der Waals surface area contributed by atoms with Crippen molar-refractivity contribution in [3.8, 4) is 5.75 Å². The highest BCUT2D eigenvalue weighted by Gasteiger charge is 2.07. The summed E-state index contributed by atoms with van der Waals surface area (Å²) in [6.45, 7) is 3.30. The first-order valence-electron chi connectivity index (χ1n) is 6.96. The maximum Gasteiger partial charge on any atom is 0.249 e. The number of hydrazone groups is 1. The lowest BCUT2D eigenvalue weighted by molar-refractivity contribution is -0.129. The number of hydrogen-bond donors (Lipinski definition) is 2. The van der Waals surface area contributed by atoms with Gasteiger partial charge in [0.2, 0.25) is 11.8 Å². The third kappa shape index (κ3) is 7.39. The van der Waals surface area contributed by atoms with Gasteiger partial charge >= 0.3 is 0 Å². The zero-order chi connectivity index (χ0) is 16.2. The molecule has 2 N–H and O–H groups in total. The van der Waals surface area contributed by atoms with Gasteiger partial charge in [0.15, 0.2) is 0 Å². The van der Waals surface area contributed by atoms with E-state index in [-0.39, 0.29) is 12.3 Å². The number of hydrogen-bond acceptors (Lipinski definition) is 5. The fourth-order valence-electron chi connectivity index (χ4n) is 1.54. The van der Waals surface area contributed by atoms with Crippen molar-refractivity contribution in [3.05, 3.63) is 29.8 Å². The molecule has 0 aliphatic carbocycles. The second-order valence-electron chi connectivity index (χ2n) is 4.31. The summed E-state index contributed by atoms with van der Waals surface area (Å²) in [5.41, 5.74) is 3.11. The zero-order valence-corrected chi connectivity index (χ0v) is 12.8. The van der Waals surface area contributed by atoms with Crippen molar-refractivity contribution in [3.63, 3.8) is 0 Å². The minimum atomic E-state index is -0.475. The molecule has 7 nitrogen and oxygen atoms in total. The number of ether oxygens (including phenoxy) is 2. The van der Waals surface area contributed by atoms with Crippen LogP contribution in [0.1, 0.15) is 18.9 Å². The lowest BCUT2D eigenvalue weighted by Crippen LogP contribution is -2.31. The maximum absolute atomic E-state index is 11.5. The van der Waals surface area contributed by atoms with Crippen LogP contribution in [0.4, 0.5) is 0 Å². The molecule has 22 heavy (non-hydrogen) atoms. The van der Waals surface area contributed by atoms with Crippen molar-refractivity contribution >= 4 is 18.0 Å². The molecule has 0 atom stereocenters. The van der Waals surface area contributed by atoms with Crippen molar-refractivity contribution in [2.75, 3.05) is 26.9 Å². The van der Waals surface area contributed by atoms with E-state index in [1.165, 1.54) is 13.3 Å². The van der Waals surface area contributed by atoms with E-state index in [2.05, 4.69) is 15.8 Å². The monoisotopic (exact) mass is 307 g/mol. The van der Waals surface area contributed by atoms with Gasteiger partial charge in [-0.1, -0.05) is 0 Å². The number of benzene rings is 1. The lowest BCUT2D eigenvalue weighted by Gasteiger charge is -2.03. The number of carbonyl (C=O) groups is 2. The van der Waals surface area contributed by atoms with Crippen LogP contribution in [0.25, 0.3) is 0 Å². The van der Waals surface area contributed by atoms with Crippen molar-refractivity contribution in [2.24, 2.45) is 5.10 Å². The van der Waals surface area contributed by atoms with E-state index in [4.69, 9.17) is 9.47 Å². The Morgan fingerprint density at radius 1 is 1.23 bits per heavy atom. The van der Waals surface area contributed by atoms with Crippen LogP contribution >= 0.6 is 0 Å². The molecule has 0 radical (unpaired) electrons.